The van der Waals surface area contributed by atoms with Gasteiger partial charge in [-0.05, 0) is 80.3 Å². The van der Waals surface area contributed by atoms with Crippen LogP contribution < -0.4 is 0 Å². The van der Waals surface area contributed by atoms with E-state index in [2.05, 4.69) is 140 Å². The van der Waals surface area contributed by atoms with Gasteiger partial charge in [0.05, 0.1) is 16.7 Å². The second-order valence-corrected chi connectivity index (χ2v) is 13.0. The van der Waals surface area contributed by atoms with Crippen molar-refractivity contribution in [2.45, 2.75) is 26.7 Å². The molecule has 0 amide bonds. The molecular weight excluding hydrogens is 621 g/mol. The van der Waals surface area contributed by atoms with Crippen LogP contribution in [-0.2, 0) is 0 Å². The molecule has 0 aliphatic carbocycles. The third-order valence-corrected chi connectivity index (χ3v) is 9.33. The highest BCUT2D eigenvalue weighted by molar-refractivity contribution is 6.11. The maximum absolute atomic E-state index is 5.12. The van der Waals surface area contributed by atoms with Gasteiger partial charge in [-0.3, -0.25) is 0 Å². The molecule has 2 aromatic heterocycles. The average Bonchev–Trinajstić information content (AvgIpc) is 3.49. The van der Waals surface area contributed by atoms with Gasteiger partial charge in [-0.2, -0.15) is 0 Å². The van der Waals surface area contributed by atoms with Crippen molar-refractivity contribution in [3.05, 3.63) is 175 Å². The topological polar surface area (TPSA) is 43.6 Å². The molecule has 0 saturated heterocycles. The number of unbranched alkanes of at least 4 members (excludes halogenated alkanes) is 1. The van der Waals surface area contributed by atoms with Crippen LogP contribution in [0.2, 0.25) is 0 Å². The summed E-state index contributed by atoms with van der Waals surface area (Å²) < 4.78 is 2.45. The number of nitrogens with zero attached hydrogens (tertiary/aromatic N) is 4. The van der Waals surface area contributed by atoms with Gasteiger partial charge in [-0.25, -0.2) is 15.0 Å². The Hall–Kier alpha value is -6.39. The third-order valence-electron chi connectivity index (χ3n) is 9.33. The number of aromatic nitrogens is 4. The SMILES string of the molecule is C=CCC/C=C/c1nc(-c2ccccc2)nc(-c2cc(-c3ccccc3)c(-n3c4ccc(C)cc4c4cc(C)ccc43)c(-c3ccccc3)c2)n1. The van der Waals surface area contributed by atoms with Crippen LogP contribution in [0, 0.1) is 13.8 Å². The highest BCUT2D eigenvalue weighted by atomic mass is 15.0. The van der Waals surface area contributed by atoms with Crippen LogP contribution in [0.1, 0.15) is 29.8 Å². The van der Waals surface area contributed by atoms with Crippen molar-refractivity contribution in [2.75, 3.05) is 0 Å². The fraction of sp³-hybridized carbons (Fsp3) is 0.0851. The Kier molecular flexibility index (Phi) is 8.65. The molecule has 8 aromatic rings. The van der Waals surface area contributed by atoms with Crippen molar-refractivity contribution >= 4 is 27.9 Å². The fourth-order valence-corrected chi connectivity index (χ4v) is 6.89. The standard InChI is InChI=1S/C47H38N4/c1-4-5-6-16-23-44-48-46(36-21-14-9-15-22-36)50-47(49-44)37-30-38(34-17-10-7-11-18-34)45(39(31-37)35-19-12-8-13-20-35)51-42-26-24-32(2)28-40(42)41-29-33(3)25-27-43(41)51/h4,7-31H,1,5-6H2,2-3H3/b23-16+. The molecule has 8 rings (SSSR count). The first kappa shape index (κ1) is 31.9. The molecule has 2 heterocycles. The smallest absolute Gasteiger partial charge is 0.164 e. The Labute approximate surface area is 299 Å². The highest BCUT2D eigenvalue weighted by Crippen LogP contribution is 2.43. The fourth-order valence-electron chi connectivity index (χ4n) is 6.89. The molecule has 4 heteroatoms. The van der Waals surface area contributed by atoms with Crippen LogP contribution in [0.25, 0.3) is 78.6 Å². The minimum absolute atomic E-state index is 0.626. The second kappa shape index (κ2) is 13.9. The van der Waals surface area contributed by atoms with Gasteiger partial charge in [0, 0.05) is 33.0 Å². The molecule has 0 aliphatic heterocycles. The zero-order valence-corrected chi connectivity index (χ0v) is 28.9. The van der Waals surface area contributed by atoms with Crippen molar-refractivity contribution in [1.29, 1.82) is 0 Å². The summed E-state index contributed by atoms with van der Waals surface area (Å²) in [6.07, 6.45) is 7.79. The predicted octanol–water partition coefficient (Wildman–Crippen LogP) is 12.2. The van der Waals surface area contributed by atoms with Gasteiger partial charge in [-0.1, -0.05) is 126 Å². The minimum atomic E-state index is 0.626. The molecule has 0 spiro atoms. The Bertz CT molecular complexity index is 2430. The number of aryl methyl sites for hydroxylation is 2. The molecule has 0 unspecified atom stereocenters. The molecule has 0 atom stereocenters. The zero-order valence-electron chi connectivity index (χ0n) is 28.9. The largest absolute Gasteiger partial charge is 0.308 e. The number of allylic oxidation sites excluding steroid dienone is 2. The van der Waals surface area contributed by atoms with Crippen molar-refractivity contribution in [3.8, 4) is 50.7 Å². The minimum Gasteiger partial charge on any atom is -0.308 e. The van der Waals surface area contributed by atoms with Crippen molar-refractivity contribution in [2.24, 2.45) is 0 Å². The first-order valence-corrected chi connectivity index (χ1v) is 17.5. The van der Waals surface area contributed by atoms with Crippen molar-refractivity contribution < 1.29 is 0 Å². The quantitative estimate of drug-likeness (QED) is 0.114. The molecule has 0 fully saturated rings. The summed E-state index contributed by atoms with van der Waals surface area (Å²) in [5.74, 6) is 1.90. The average molecular weight is 659 g/mol. The van der Waals surface area contributed by atoms with Gasteiger partial charge < -0.3 is 4.57 Å². The lowest BCUT2D eigenvalue weighted by molar-refractivity contribution is 1.03. The Balaban J connectivity index is 1.47. The highest BCUT2D eigenvalue weighted by Gasteiger charge is 2.23. The first-order valence-electron chi connectivity index (χ1n) is 17.5. The summed E-state index contributed by atoms with van der Waals surface area (Å²) in [6.45, 7) is 8.20. The van der Waals surface area contributed by atoms with Gasteiger partial charge in [0.1, 0.15) is 0 Å². The third kappa shape index (κ3) is 6.28. The van der Waals surface area contributed by atoms with E-state index in [-0.39, 0.29) is 0 Å². The number of rotatable bonds is 9. The summed E-state index contributed by atoms with van der Waals surface area (Å²) in [6, 6.07) is 49.6. The lowest BCUT2D eigenvalue weighted by atomic mass is 9.92. The number of fused-ring (bicyclic) bond motifs is 3. The van der Waals surface area contributed by atoms with E-state index in [1.165, 1.54) is 32.9 Å². The molecule has 246 valence electrons. The Morgan fingerprint density at radius 2 is 1.02 bits per heavy atom. The number of hydrogen-bond acceptors (Lipinski definition) is 3. The van der Waals surface area contributed by atoms with Gasteiger partial charge in [-0.15, -0.1) is 6.58 Å². The molecule has 4 nitrogen and oxygen atoms in total. The molecule has 51 heavy (non-hydrogen) atoms. The van der Waals surface area contributed by atoms with Crippen LogP contribution in [0.3, 0.4) is 0 Å². The van der Waals surface area contributed by atoms with Gasteiger partial charge >= 0.3 is 0 Å². The summed E-state index contributed by atoms with van der Waals surface area (Å²) >= 11 is 0. The number of hydrogen-bond donors (Lipinski definition) is 0. The van der Waals surface area contributed by atoms with E-state index in [1.54, 1.807) is 0 Å². The Morgan fingerprint density at radius 3 is 1.53 bits per heavy atom. The second-order valence-electron chi connectivity index (χ2n) is 13.0. The van der Waals surface area contributed by atoms with Crippen LogP contribution in [-0.4, -0.2) is 19.5 Å². The van der Waals surface area contributed by atoms with E-state index >= 15 is 0 Å². The molecule has 0 bridgehead atoms. The molecular formula is C47H38N4. The van der Waals surface area contributed by atoms with E-state index < -0.39 is 0 Å². The monoisotopic (exact) mass is 658 g/mol. The lowest BCUT2D eigenvalue weighted by Crippen LogP contribution is -2.04. The van der Waals surface area contributed by atoms with Gasteiger partial charge in [0.25, 0.3) is 0 Å². The molecule has 6 aromatic carbocycles. The van der Waals surface area contributed by atoms with Crippen LogP contribution in [0.15, 0.2) is 158 Å². The van der Waals surface area contributed by atoms with Gasteiger partial charge in [0.2, 0.25) is 0 Å². The molecule has 0 aliphatic rings. The molecule has 0 radical (unpaired) electrons. The van der Waals surface area contributed by atoms with E-state index in [0.717, 1.165) is 51.9 Å². The van der Waals surface area contributed by atoms with E-state index in [1.807, 2.05) is 42.5 Å². The van der Waals surface area contributed by atoms with Gasteiger partial charge in [0.15, 0.2) is 17.5 Å². The van der Waals surface area contributed by atoms with E-state index in [9.17, 15) is 0 Å². The van der Waals surface area contributed by atoms with Crippen molar-refractivity contribution in [1.82, 2.24) is 19.5 Å². The maximum atomic E-state index is 5.12. The summed E-state index contributed by atoms with van der Waals surface area (Å²) in [7, 11) is 0. The Morgan fingerprint density at radius 1 is 0.529 bits per heavy atom. The van der Waals surface area contributed by atoms with E-state index in [4.69, 9.17) is 15.0 Å². The molecule has 0 N–H and O–H groups in total. The lowest BCUT2D eigenvalue weighted by Gasteiger charge is -2.21. The first-order chi connectivity index (χ1) is 25.1. The predicted molar refractivity (Wildman–Crippen MR) is 214 cm³/mol. The van der Waals surface area contributed by atoms with Crippen LogP contribution >= 0.6 is 0 Å². The summed E-state index contributed by atoms with van der Waals surface area (Å²) in [4.78, 5) is 15.1. The normalized spacial score (nSPS) is 11.5. The zero-order chi connectivity index (χ0) is 34.7. The summed E-state index contributed by atoms with van der Waals surface area (Å²) in [5, 5.41) is 2.49. The maximum Gasteiger partial charge on any atom is 0.164 e. The van der Waals surface area contributed by atoms with Crippen LogP contribution in [0.4, 0.5) is 0 Å². The number of benzene rings is 6. The summed E-state index contributed by atoms with van der Waals surface area (Å²) in [5.41, 5.74) is 12.2. The molecule has 0 saturated carbocycles. The van der Waals surface area contributed by atoms with Crippen LogP contribution in [0.5, 0.6) is 0 Å². The van der Waals surface area contributed by atoms with E-state index in [0.29, 0.717) is 17.5 Å². The van der Waals surface area contributed by atoms with Crippen molar-refractivity contribution in [3.63, 3.8) is 0 Å².